The standard InChI is InChI=1S/C66H50N2/c1-5-18-49(19-6-1)51-32-40-59(41-33-51)67(57-24-9-3-10-25-57)61-44-36-53(37-45-61)63-28-13-15-30-65(63)55-22-17-23-56(48-55)66-31-16-14-29-64(66)54-38-46-62(47-39-54)68(58-26-11-4-12-27-58)60-42-34-52(35-43-60)50-20-7-2-8-21-50/h1-26,28-48,58H,27H2. The minimum absolute atomic E-state index is 0.219. The lowest BCUT2D eigenvalue weighted by Crippen LogP contribution is -2.29. The lowest BCUT2D eigenvalue weighted by molar-refractivity contribution is 0.785. The van der Waals surface area contributed by atoms with Crippen LogP contribution in [0, 0.1) is 0 Å². The third kappa shape index (κ3) is 8.84. The maximum absolute atomic E-state index is 2.46. The quantitative estimate of drug-likeness (QED) is 0.121. The van der Waals surface area contributed by atoms with Gasteiger partial charge in [0.15, 0.2) is 0 Å². The molecule has 0 heterocycles. The van der Waals surface area contributed by atoms with Crippen LogP contribution in [0.1, 0.15) is 6.42 Å². The van der Waals surface area contributed by atoms with E-state index in [1.54, 1.807) is 0 Å². The van der Waals surface area contributed by atoms with E-state index in [-0.39, 0.29) is 6.04 Å². The number of anilines is 5. The summed E-state index contributed by atoms with van der Waals surface area (Å²) < 4.78 is 0. The highest BCUT2D eigenvalue weighted by molar-refractivity contribution is 5.90. The first-order valence-electron chi connectivity index (χ1n) is 23.5. The van der Waals surface area contributed by atoms with Gasteiger partial charge in [0.2, 0.25) is 0 Å². The summed E-state index contributed by atoms with van der Waals surface area (Å²) >= 11 is 0. The average Bonchev–Trinajstić information content (AvgIpc) is 3.43. The Labute approximate surface area is 400 Å². The van der Waals surface area contributed by atoms with Crippen molar-refractivity contribution in [3.05, 3.63) is 285 Å². The topological polar surface area (TPSA) is 6.48 Å². The van der Waals surface area contributed by atoms with Gasteiger partial charge in [0.05, 0.1) is 6.04 Å². The summed E-state index contributed by atoms with van der Waals surface area (Å²) in [6, 6.07) is 94.5. The van der Waals surface area contributed by atoms with Gasteiger partial charge in [-0.05, 0) is 140 Å². The molecule has 1 atom stereocenters. The fraction of sp³-hybridized carbons (Fsp3) is 0.0303. The molecule has 1 unspecified atom stereocenters. The number of hydrogen-bond donors (Lipinski definition) is 0. The summed E-state index contributed by atoms with van der Waals surface area (Å²) in [5.41, 5.74) is 20.0. The first-order chi connectivity index (χ1) is 33.7. The van der Waals surface area contributed by atoms with E-state index in [0.29, 0.717) is 0 Å². The van der Waals surface area contributed by atoms with Crippen LogP contribution in [-0.2, 0) is 0 Å². The molecule has 0 saturated carbocycles. The molecule has 0 N–H and O–H groups in total. The molecule has 1 aliphatic rings. The number of allylic oxidation sites excluding steroid dienone is 2. The molecule has 0 aromatic heterocycles. The Morgan fingerprint density at radius 3 is 1.03 bits per heavy atom. The van der Waals surface area contributed by atoms with Crippen LogP contribution < -0.4 is 9.80 Å². The van der Waals surface area contributed by atoms with Crippen LogP contribution in [0.2, 0.25) is 0 Å². The van der Waals surface area contributed by atoms with Gasteiger partial charge in [-0.15, -0.1) is 0 Å². The van der Waals surface area contributed by atoms with Crippen LogP contribution in [0.5, 0.6) is 0 Å². The maximum Gasteiger partial charge on any atom is 0.0559 e. The lowest BCUT2D eigenvalue weighted by Gasteiger charge is -2.33. The van der Waals surface area contributed by atoms with Crippen LogP contribution in [0.15, 0.2) is 285 Å². The summed E-state index contributed by atoms with van der Waals surface area (Å²) in [6.07, 6.45) is 9.83. The average molecular weight is 871 g/mol. The zero-order valence-corrected chi connectivity index (χ0v) is 37.8. The van der Waals surface area contributed by atoms with E-state index in [1.165, 1.54) is 78.1 Å². The van der Waals surface area contributed by atoms with Gasteiger partial charge < -0.3 is 9.80 Å². The Balaban J connectivity index is 0.879. The molecule has 324 valence electrons. The smallest absolute Gasteiger partial charge is 0.0559 e. The van der Waals surface area contributed by atoms with Crippen molar-refractivity contribution in [1.82, 2.24) is 0 Å². The van der Waals surface area contributed by atoms with Crippen molar-refractivity contribution in [2.45, 2.75) is 12.5 Å². The van der Waals surface area contributed by atoms with Crippen molar-refractivity contribution in [3.63, 3.8) is 0 Å². The van der Waals surface area contributed by atoms with E-state index in [1.807, 2.05) is 0 Å². The van der Waals surface area contributed by atoms with Gasteiger partial charge in [0.1, 0.15) is 0 Å². The molecule has 0 saturated heterocycles. The number of hydrogen-bond acceptors (Lipinski definition) is 2. The monoisotopic (exact) mass is 870 g/mol. The molecule has 1 aliphatic carbocycles. The van der Waals surface area contributed by atoms with E-state index in [4.69, 9.17) is 0 Å². The minimum Gasteiger partial charge on any atom is -0.334 e. The Bertz CT molecular complexity index is 3320. The van der Waals surface area contributed by atoms with E-state index in [9.17, 15) is 0 Å². The molecule has 10 aromatic rings. The molecule has 0 aliphatic heterocycles. The molecule has 0 radical (unpaired) electrons. The molecule has 0 bridgehead atoms. The van der Waals surface area contributed by atoms with Gasteiger partial charge >= 0.3 is 0 Å². The van der Waals surface area contributed by atoms with Gasteiger partial charge in [0.25, 0.3) is 0 Å². The predicted octanol–water partition coefficient (Wildman–Crippen LogP) is 18.2. The SMILES string of the molecule is C1=CCC(N(c2ccc(-c3ccccc3)cc2)c2ccc(-c3ccccc3-c3cccc(-c4ccccc4-c4ccc(N(c5ccccc5)c5ccc(-c6ccccc6)cc5)cc4)c3)cc2)C=C1. The summed E-state index contributed by atoms with van der Waals surface area (Å²) in [4.78, 5) is 4.79. The van der Waals surface area contributed by atoms with E-state index in [2.05, 4.69) is 295 Å². The molecular weight excluding hydrogens is 821 g/mol. The molecular formula is C66H50N2. The van der Waals surface area contributed by atoms with Gasteiger partial charge in [-0.1, -0.05) is 218 Å². The second-order valence-corrected chi connectivity index (χ2v) is 17.2. The zero-order valence-electron chi connectivity index (χ0n) is 37.8. The van der Waals surface area contributed by atoms with Crippen molar-refractivity contribution >= 4 is 28.4 Å². The summed E-state index contributed by atoms with van der Waals surface area (Å²) in [5, 5.41) is 0. The van der Waals surface area contributed by atoms with E-state index in [0.717, 1.165) is 23.5 Å². The largest absolute Gasteiger partial charge is 0.334 e. The van der Waals surface area contributed by atoms with Crippen LogP contribution in [0.3, 0.4) is 0 Å². The fourth-order valence-electron chi connectivity index (χ4n) is 9.61. The highest BCUT2D eigenvalue weighted by Gasteiger charge is 2.20. The normalized spacial score (nSPS) is 13.0. The molecule has 68 heavy (non-hydrogen) atoms. The third-order valence-electron chi connectivity index (χ3n) is 13.0. The van der Waals surface area contributed by atoms with E-state index >= 15 is 0 Å². The van der Waals surface area contributed by atoms with Crippen molar-refractivity contribution in [2.75, 3.05) is 9.80 Å². The number of benzene rings is 10. The molecule has 0 spiro atoms. The third-order valence-corrected chi connectivity index (χ3v) is 13.0. The molecule has 2 nitrogen and oxygen atoms in total. The Morgan fingerprint density at radius 2 is 0.603 bits per heavy atom. The summed E-state index contributed by atoms with van der Waals surface area (Å²) in [5.74, 6) is 0. The number of nitrogens with zero attached hydrogens (tertiary/aromatic N) is 2. The second-order valence-electron chi connectivity index (χ2n) is 17.2. The van der Waals surface area contributed by atoms with Gasteiger partial charge in [-0.25, -0.2) is 0 Å². The molecule has 10 aromatic carbocycles. The predicted molar refractivity (Wildman–Crippen MR) is 289 cm³/mol. The zero-order chi connectivity index (χ0) is 45.5. The van der Waals surface area contributed by atoms with Gasteiger partial charge in [-0.3, -0.25) is 0 Å². The minimum atomic E-state index is 0.219. The van der Waals surface area contributed by atoms with Gasteiger partial charge in [-0.2, -0.15) is 0 Å². The molecule has 0 amide bonds. The first kappa shape index (κ1) is 41.9. The molecule has 0 fully saturated rings. The second kappa shape index (κ2) is 19.4. The van der Waals surface area contributed by atoms with Crippen molar-refractivity contribution in [1.29, 1.82) is 0 Å². The van der Waals surface area contributed by atoms with Crippen molar-refractivity contribution in [3.8, 4) is 66.8 Å². The van der Waals surface area contributed by atoms with Crippen LogP contribution >= 0.6 is 0 Å². The highest BCUT2D eigenvalue weighted by atomic mass is 15.2. The summed E-state index contributed by atoms with van der Waals surface area (Å²) in [7, 11) is 0. The van der Waals surface area contributed by atoms with E-state index < -0.39 is 0 Å². The first-order valence-corrected chi connectivity index (χ1v) is 23.5. The Kier molecular flexibility index (Phi) is 12.0. The lowest BCUT2D eigenvalue weighted by atomic mass is 9.90. The summed E-state index contributed by atoms with van der Waals surface area (Å²) in [6.45, 7) is 0. The Morgan fingerprint density at radius 1 is 0.265 bits per heavy atom. The van der Waals surface area contributed by atoms with Crippen molar-refractivity contribution in [2.24, 2.45) is 0 Å². The van der Waals surface area contributed by atoms with Crippen LogP contribution in [0.4, 0.5) is 28.4 Å². The van der Waals surface area contributed by atoms with Crippen molar-refractivity contribution < 1.29 is 0 Å². The Hall–Kier alpha value is -8.72. The number of rotatable bonds is 12. The van der Waals surface area contributed by atoms with Crippen LogP contribution in [0.25, 0.3) is 66.8 Å². The molecule has 11 rings (SSSR count). The highest BCUT2D eigenvalue weighted by Crippen LogP contribution is 2.41. The maximum atomic E-state index is 2.46. The van der Waals surface area contributed by atoms with Crippen LogP contribution in [-0.4, -0.2) is 6.04 Å². The fourth-order valence-corrected chi connectivity index (χ4v) is 9.61. The molecule has 2 heteroatoms. The number of para-hydroxylation sites is 1. The van der Waals surface area contributed by atoms with Gasteiger partial charge in [0, 0.05) is 28.4 Å².